The lowest BCUT2D eigenvalue weighted by Gasteiger charge is -2.16. The van der Waals surface area contributed by atoms with Crippen LogP contribution in [0.3, 0.4) is 0 Å². The number of aromatic nitrogens is 3. The van der Waals surface area contributed by atoms with Crippen LogP contribution >= 0.6 is 11.6 Å². The Balaban J connectivity index is 1.87. The average molecular weight is 419 g/mol. The van der Waals surface area contributed by atoms with Gasteiger partial charge in [-0.3, -0.25) is 5.10 Å². The van der Waals surface area contributed by atoms with Gasteiger partial charge >= 0.3 is 0 Å². The molecule has 1 unspecified atom stereocenters. The molecule has 2 N–H and O–H groups in total. The summed E-state index contributed by atoms with van der Waals surface area (Å²) in [6.45, 7) is 2.11. The van der Waals surface area contributed by atoms with Gasteiger partial charge in [-0.05, 0) is 42.7 Å². The second-order valence-electron chi connectivity index (χ2n) is 6.56. The van der Waals surface area contributed by atoms with Crippen LogP contribution in [0.15, 0.2) is 59.5 Å². The fourth-order valence-corrected chi connectivity index (χ4v) is 4.15. The Bertz CT molecular complexity index is 989. The molecule has 0 fully saturated rings. The molecule has 0 saturated carbocycles. The first-order valence-electron chi connectivity index (χ1n) is 9.21. The molecule has 0 aliphatic carbocycles. The summed E-state index contributed by atoms with van der Waals surface area (Å²) >= 11 is 5.88. The van der Waals surface area contributed by atoms with Crippen LogP contribution in [0.5, 0.6) is 0 Å². The van der Waals surface area contributed by atoms with E-state index in [2.05, 4.69) is 26.8 Å². The summed E-state index contributed by atoms with van der Waals surface area (Å²) in [4.78, 5) is 4.67. The van der Waals surface area contributed by atoms with Crippen molar-refractivity contribution in [1.29, 1.82) is 0 Å². The van der Waals surface area contributed by atoms with E-state index in [0.29, 0.717) is 17.3 Å². The second kappa shape index (κ2) is 9.32. The number of rotatable bonds is 9. The number of aromatic amines is 1. The minimum atomic E-state index is -3.75. The topological polar surface area (TPSA) is 87.7 Å². The predicted octanol–water partition coefficient (Wildman–Crippen LogP) is 4.06. The summed E-state index contributed by atoms with van der Waals surface area (Å²) in [7, 11) is -3.75. The number of halogens is 1. The van der Waals surface area contributed by atoms with E-state index in [-0.39, 0.29) is 4.90 Å². The molecule has 0 radical (unpaired) electrons. The number of aryl methyl sites for hydroxylation is 1. The maximum Gasteiger partial charge on any atom is 0.241 e. The summed E-state index contributed by atoms with van der Waals surface area (Å²) in [5, 5.41) is 7.68. The summed E-state index contributed by atoms with van der Waals surface area (Å²) in [5.41, 5.74) is 0.992. The number of hydrogen-bond donors (Lipinski definition) is 2. The molecule has 6 nitrogen and oxygen atoms in total. The van der Waals surface area contributed by atoms with Gasteiger partial charge in [0.1, 0.15) is 5.82 Å². The molecular formula is C20H23ClN4O2S. The van der Waals surface area contributed by atoms with Crippen molar-refractivity contribution in [3.63, 3.8) is 0 Å². The van der Waals surface area contributed by atoms with Crippen LogP contribution in [0.25, 0.3) is 0 Å². The Labute approximate surface area is 170 Å². The Morgan fingerprint density at radius 3 is 2.50 bits per heavy atom. The number of hydrogen-bond acceptors (Lipinski definition) is 4. The van der Waals surface area contributed by atoms with E-state index in [1.54, 1.807) is 12.1 Å². The SMILES string of the molecule is CCCCc1nc(C(Cc2ccccc2)NS(=O)(=O)c2ccc(Cl)cc2)n[nH]1. The van der Waals surface area contributed by atoms with E-state index in [1.165, 1.54) is 12.1 Å². The molecule has 1 aromatic heterocycles. The second-order valence-corrected chi connectivity index (χ2v) is 8.71. The molecule has 1 heterocycles. The summed E-state index contributed by atoms with van der Waals surface area (Å²) in [6.07, 6.45) is 3.27. The van der Waals surface area contributed by atoms with E-state index in [0.717, 1.165) is 30.7 Å². The highest BCUT2D eigenvalue weighted by Crippen LogP contribution is 2.21. The molecule has 148 valence electrons. The van der Waals surface area contributed by atoms with Gasteiger partial charge in [0.05, 0.1) is 10.9 Å². The molecule has 0 bridgehead atoms. The minimum absolute atomic E-state index is 0.150. The first-order chi connectivity index (χ1) is 13.5. The van der Waals surface area contributed by atoms with Gasteiger partial charge in [0.25, 0.3) is 0 Å². The first kappa shape index (κ1) is 20.5. The van der Waals surface area contributed by atoms with Crippen molar-refractivity contribution in [3.8, 4) is 0 Å². The lowest BCUT2D eigenvalue weighted by atomic mass is 10.1. The number of H-pyrrole nitrogens is 1. The average Bonchev–Trinajstić information content (AvgIpc) is 3.16. The normalized spacial score (nSPS) is 12.8. The van der Waals surface area contributed by atoms with Gasteiger partial charge in [0.2, 0.25) is 10.0 Å². The van der Waals surface area contributed by atoms with Gasteiger partial charge in [-0.25, -0.2) is 18.1 Å². The zero-order valence-electron chi connectivity index (χ0n) is 15.6. The van der Waals surface area contributed by atoms with Gasteiger partial charge in [-0.1, -0.05) is 55.3 Å². The molecular weight excluding hydrogens is 396 g/mol. The maximum absolute atomic E-state index is 12.9. The predicted molar refractivity (Wildman–Crippen MR) is 110 cm³/mol. The quantitative estimate of drug-likeness (QED) is 0.548. The van der Waals surface area contributed by atoms with Crippen LogP contribution < -0.4 is 4.72 Å². The number of benzene rings is 2. The van der Waals surface area contributed by atoms with E-state index in [4.69, 9.17) is 11.6 Å². The zero-order valence-corrected chi connectivity index (χ0v) is 17.2. The third-order valence-electron chi connectivity index (χ3n) is 4.33. The van der Waals surface area contributed by atoms with Crippen LogP contribution in [-0.2, 0) is 22.9 Å². The van der Waals surface area contributed by atoms with Crippen molar-refractivity contribution in [3.05, 3.63) is 76.8 Å². The molecule has 0 aliphatic rings. The van der Waals surface area contributed by atoms with Crippen molar-refractivity contribution in [2.24, 2.45) is 0 Å². The van der Waals surface area contributed by atoms with Crippen LogP contribution in [0.4, 0.5) is 0 Å². The Morgan fingerprint density at radius 2 is 1.82 bits per heavy atom. The summed E-state index contributed by atoms with van der Waals surface area (Å²) < 4.78 is 28.5. The van der Waals surface area contributed by atoms with Crippen LogP contribution in [0.1, 0.15) is 43.0 Å². The van der Waals surface area contributed by atoms with Crippen molar-refractivity contribution in [2.75, 3.05) is 0 Å². The molecule has 28 heavy (non-hydrogen) atoms. The fourth-order valence-electron chi connectivity index (χ4n) is 2.83. The van der Waals surface area contributed by atoms with Gasteiger partial charge in [-0.15, -0.1) is 0 Å². The standard InChI is InChI=1S/C20H23ClN4O2S/c1-2-3-9-19-22-20(24-23-19)18(14-15-7-5-4-6-8-15)25-28(26,27)17-12-10-16(21)11-13-17/h4-8,10-13,18,25H,2-3,9,14H2,1H3,(H,22,23,24). The third-order valence-corrected chi connectivity index (χ3v) is 6.07. The zero-order chi connectivity index (χ0) is 20.0. The Hall–Kier alpha value is -2.22. The number of unbranched alkanes of at least 4 members (excludes halogenated alkanes) is 1. The Morgan fingerprint density at radius 1 is 1.11 bits per heavy atom. The largest absolute Gasteiger partial charge is 0.263 e. The smallest absolute Gasteiger partial charge is 0.241 e. The number of nitrogens with one attached hydrogen (secondary N) is 2. The molecule has 8 heteroatoms. The van der Waals surface area contributed by atoms with Crippen molar-refractivity contribution in [2.45, 2.75) is 43.5 Å². The van der Waals surface area contributed by atoms with E-state index in [9.17, 15) is 8.42 Å². The highest BCUT2D eigenvalue weighted by Gasteiger charge is 2.25. The van der Waals surface area contributed by atoms with Crippen molar-refractivity contribution in [1.82, 2.24) is 19.9 Å². The number of sulfonamides is 1. The van der Waals surface area contributed by atoms with E-state index in [1.807, 2.05) is 30.3 Å². The third kappa shape index (κ3) is 5.41. The van der Waals surface area contributed by atoms with Gasteiger partial charge in [0, 0.05) is 11.4 Å². The van der Waals surface area contributed by atoms with Crippen molar-refractivity contribution < 1.29 is 8.42 Å². The highest BCUT2D eigenvalue weighted by atomic mass is 35.5. The highest BCUT2D eigenvalue weighted by molar-refractivity contribution is 7.89. The molecule has 1 atom stereocenters. The van der Waals surface area contributed by atoms with Crippen LogP contribution in [0, 0.1) is 0 Å². The lowest BCUT2D eigenvalue weighted by molar-refractivity contribution is 0.543. The maximum atomic E-state index is 12.9. The minimum Gasteiger partial charge on any atom is -0.263 e. The van der Waals surface area contributed by atoms with Gasteiger partial charge in [0.15, 0.2) is 5.82 Å². The molecule has 3 aromatic rings. The first-order valence-corrected chi connectivity index (χ1v) is 11.1. The number of nitrogens with zero attached hydrogens (tertiary/aromatic N) is 2. The molecule has 3 rings (SSSR count). The van der Waals surface area contributed by atoms with E-state index < -0.39 is 16.1 Å². The lowest BCUT2D eigenvalue weighted by Crippen LogP contribution is -2.31. The molecule has 0 saturated heterocycles. The monoisotopic (exact) mass is 418 g/mol. The molecule has 0 amide bonds. The molecule has 0 spiro atoms. The van der Waals surface area contributed by atoms with Crippen molar-refractivity contribution >= 4 is 21.6 Å². The summed E-state index contributed by atoms with van der Waals surface area (Å²) in [5.74, 6) is 1.20. The Kier molecular flexibility index (Phi) is 6.83. The van der Waals surface area contributed by atoms with Gasteiger partial charge < -0.3 is 0 Å². The molecule has 0 aliphatic heterocycles. The fraction of sp³-hybridized carbons (Fsp3) is 0.300. The van der Waals surface area contributed by atoms with Gasteiger partial charge in [-0.2, -0.15) is 5.10 Å². The van der Waals surface area contributed by atoms with E-state index >= 15 is 0 Å². The summed E-state index contributed by atoms with van der Waals surface area (Å²) in [6, 6.07) is 15.2. The van der Waals surface area contributed by atoms with Crippen LogP contribution in [0.2, 0.25) is 5.02 Å². The molecule has 2 aromatic carbocycles. The van der Waals surface area contributed by atoms with Crippen LogP contribution in [-0.4, -0.2) is 23.6 Å².